The Bertz CT molecular complexity index is 1410. The molecule has 6 nitrogen and oxygen atoms in total. The molecule has 0 saturated heterocycles. The Kier molecular flexibility index (Phi) is 6.31. The summed E-state index contributed by atoms with van der Waals surface area (Å²) in [6, 6.07) is 22.3. The minimum absolute atomic E-state index is 0.156. The van der Waals surface area contributed by atoms with Crippen LogP contribution in [0.1, 0.15) is 21.6 Å². The van der Waals surface area contributed by atoms with Gasteiger partial charge in [-0.1, -0.05) is 42.5 Å². The molecule has 4 aromatic rings. The van der Waals surface area contributed by atoms with E-state index >= 15 is 0 Å². The number of nitrogens with zero attached hydrogens (tertiary/aromatic N) is 2. The van der Waals surface area contributed by atoms with Gasteiger partial charge in [-0.25, -0.2) is 17.1 Å². The van der Waals surface area contributed by atoms with E-state index in [0.717, 1.165) is 15.4 Å². The number of carbonyl (C=O) groups excluding carboxylic acids is 1. The number of hydrogen-bond donors (Lipinski definition) is 1. The highest BCUT2D eigenvalue weighted by Crippen LogP contribution is 2.26. The van der Waals surface area contributed by atoms with Crippen LogP contribution in [0.3, 0.4) is 0 Å². The van der Waals surface area contributed by atoms with Crippen LogP contribution in [0.5, 0.6) is 0 Å². The van der Waals surface area contributed by atoms with E-state index in [1.54, 1.807) is 36.4 Å². The molecule has 0 unspecified atom stereocenters. The van der Waals surface area contributed by atoms with E-state index in [0.29, 0.717) is 23.2 Å². The van der Waals surface area contributed by atoms with Crippen LogP contribution in [0.2, 0.25) is 0 Å². The van der Waals surface area contributed by atoms with Gasteiger partial charge in [-0.05, 0) is 47.5 Å². The molecule has 170 valence electrons. The fourth-order valence-electron chi connectivity index (χ4n) is 3.66. The lowest BCUT2D eigenvalue weighted by Gasteiger charge is -2.13. The molecule has 1 N–H and O–H groups in total. The minimum atomic E-state index is -3.61. The number of rotatable bonds is 7. The number of hydrogen-bond acceptors (Lipinski definition) is 3. The molecule has 1 aromatic heterocycles. The molecule has 0 bridgehead atoms. The first-order valence-electron chi connectivity index (χ1n) is 10.4. The van der Waals surface area contributed by atoms with E-state index in [9.17, 15) is 17.6 Å². The predicted molar refractivity (Wildman–Crippen MR) is 126 cm³/mol. The average molecular weight is 466 g/mol. The Morgan fingerprint density at radius 3 is 2.36 bits per heavy atom. The molecule has 0 saturated carbocycles. The lowest BCUT2D eigenvalue weighted by atomic mass is 10.2. The molecule has 4 rings (SSSR count). The molecule has 0 fully saturated rings. The maximum Gasteiger partial charge on any atom is 0.268 e. The fourth-order valence-corrected chi connectivity index (χ4v) is 4.60. The summed E-state index contributed by atoms with van der Waals surface area (Å²) in [7, 11) is -0.658. The van der Waals surface area contributed by atoms with Crippen molar-refractivity contribution >= 4 is 26.8 Å². The van der Waals surface area contributed by atoms with Gasteiger partial charge in [-0.3, -0.25) is 4.79 Å². The molecule has 0 radical (unpaired) electrons. The lowest BCUT2D eigenvalue weighted by molar-refractivity contribution is 0.0942. The SMILES string of the molecule is CN(C)S(=O)(=O)c1ccc2c(c1)cc(C(=O)NCc1cccc(F)c1)n2Cc1ccccc1. The van der Waals surface area contributed by atoms with Crippen LogP contribution in [0.4, 0.5) is 4.39 Å². The molecular weight excluding hydrogens is 441 g/mol. The van der Waals surface area contributed by atoms with Gasteiger partial charge in [-0.2, -0.15) is 0 Å². The third kappa shape index (κ3) is 4.81. The summed E-state index contributed by atoms with van der Waals surface area (Å²) in [6.07, 6.45) is 0. The van der Waals surface area contributed by atoms with Gasteiger partial charge in [0.1, 0.15) is 11.5 Å². The zero-order valence-electron chi connectivity index (χ0n) is 18.3. The summed E-state index contributed by atoms with van der Waals surface area (Å²) in [6.45, 7) is 0.608. The van der Waals surface area contributed by atoms with Crippen LogP contribution in [0.25, 0.3) is 10.9 Å². The van der Waals surface area contributed by atoms with E-state index < -0.39 is 10.0 Å². The normalized spacial score (nSPS) is 11.8. The monoisotopic (exact) mass is 465 g/mol. The highest BCUT2D eigenvalue weighted by molar-refractivity contribution is 7.89. The fraction of sp³-hybridized carbons (Fsp3) is 0.160. The van der Waals surface area contributed by atoms with Crippen LogP contribution in [0.15, 0.2) is 83.8 Å². The quantitative estimate of drug-likeness (QED) is 0.448. The second-order valence-electron chi connectivity index (χ2n) is 7.92. The minimum Gasteiger partial charge on any atom is -0.347 e. The standard InChI is InChI=1S/C25H24FN3O3S/c1-28(2)33(31,32)22-11-12-23-20(14-22)15-24(29(23)17-18-7-4-3-5-8-18)25(30)27-16-19-9-6-10-21(26)13-19/h3-15H,16-17H2,1-2H3,(H,27,30). The predicted octanol–water partition coefficient (Wildman–Crippen LogP) is 4.01. The molecule has 1 amide bonds. The number of sulfonamides is 1. The number of fused-ring (bicyclic) bond motifs is 1. The zero-order valence-corrected chi connectivity index (χ0v) is 19.1. The molecule has 8 heteroatoms. The molecule has 0 atom stereocenters. The molecule has 33 heavy (non-hydrogen) atoms. The first kappa shape index (κ1) is 22.7. The van der Waals surface area contributed by atoms with E-state index in [4.69, 9.17) is 0 Å². The van der Waals surface area contributed by atoms with E-state index in [1.807, 2.05) is 34.9 Å². The third-order valence-electron chi connectivity index (χ3n) is 5.41. The van der Waals surface area contributed by atoms with Crippen molar-refractivity contribution in [1.29, 1.82) is 0 Å². The van der Waals surface area contributed by atoms with Gasteiger partial charge in [-0.15, -0.1) is 0 Å². The van der Waals surface area contributed by atoms with E-state index in [2.05, 4.69) is 5.32 Å². The van der Waals surface area contributed by atoms with Crippen LogP contribution >= 0.6 is 0 Å². The van der Waals surface area contributed by atoms with Crippen LogP contribution in [-0.2, 0) is 23.1 Å². The van der Waals surface area contributed by atoms with Gasteiger partial charge in [0, 0.05) is 38.1 Å². The van der Waals surface area contributed by atoms with Crippen molar-refractivity contribution in [2.75, 3.05) is 14.1 Å². The van der Waals surface area contributed by atoms with Crippen molar-refractivity contribution in [3.05, 3.63) is 102 Å². The zero-order chi connectivity index (χ0) is 23.6. The molecule has 0 aliphatic rings. The number of carbonyl (C=O) groups is 1. The summed E-state index contributed by atoms with van der Waals surface area (Å²) < 4.78 is 41.7. The van der Waals surface area contributed by atoms with Crippen molar-refractivity contribution in [1.82, 2.24) is 14.2 Å². The van der Waals surface area contributed by atoms with Crippen LogP contribution in [-0.4, -0.2) is 37.3 Å². The van der Waals surface area contributed by atoms with Crippen molar-refractivity contribution in [2.45, 2.75) is 18.0 Å². The number of halogens is 1. The average Bonchev–Trinajstić information content (AvgIpc) is 3.16. The Labute approximate surface area is 192 Å². The second kappa shape index (κ2) is 9.17. The van der Waals surface area contributed by atoms with Crippen LogP contribution in [0, 0.1) is 5.82 Å². The number of benzene rings is 3. The van der Waals surface area contributed by atoms with Crippen LogP contribution < -0.4 is 5.32 Å². The third-order valence-corrected chi connectivity index (χ3v) is 7.22. The Balaban J connectivity index is 1.74. The van der Waals surface area contributed by atoms with Crippen molar-refractivity contribution in [3.63, 3.8) is 0 Å². The molecule has 1 heterocycles. The summed E-state index contributed by atoms with van der Waals surface area (Å²) in [5, 5.41) is 3.48. The highest BCUT2D eigenvalue weighted by Gasteiger charge is 2.21. The smallest absolute Gasteiger partial charge is 0.268 e. The van der Waals surface area contributed by atoms with Gasteiger partial charge in [0.05, 0.1) is 4.90 Å². The van der Waals surface area contributed by atoms with Crippen molar-refractivity contribution in [3.8, 4) is 0 Å². The molecule has 3 aromatic carbocycles. The summed E-state index contributed by atoms with van der Waals surface area (Å²) in [5.41, 5.74) is 2.78. The van der Waals surface area contributed by atoms with Crippen molar-refractivity contribution < 1.29 is 17.6 Å². The number of amides is 1. The Morgan fingerprint density at radius 1 is 0.939 bits per heavy atom. The van der Waals surface area contributed by atoms with Gasteiger partial charge in [0.25, 0.3) is 5.91 Å². The summed E-state index contributed by atoms with van der Waals surface area (Å²) >= 11 is 0. The molecular formula is C25H24FN3O3S. The van der Waals surface area contributed by atoms with Crippen molar-refractivity contribution in [2.24, 2.45) is 0 Å². The van der Waals surface area contributed by atoms with Gasteiger partial charge in [0.2, 0.25) is 10.0 Å². The van der Waals surface area contributed by atoms with E-state index in [1.165, 1.54) is 26.2 Å². The van der Waals surface area contributed by atoms with Gasteiger partial charge >= 0.3 is 0 Å². The Hall–Kier alpha value is -3.49. The first-order valence-corrected chi connectivity index (χ1v) is 11.8. The number of nitrogens with one attached hydrogen (secondary N) is 1. The summed E-state index contributed by atoms with van der Waals surface area (Å²) in [4.78, 5) is 13.3. The lowest BCUT2D eigenvalue weighted by Crippen LogP contribution is -2.25. The summed E-state index contributed by atoms with van der Waals surface area (Å²) in [5.74, 6) is -0.696. The van der Waals surface area contributed by atoms with E-state index in [-0.39, 0.29) is 23.2 Å². The molecule has 0 spiro atoms. The molecule has 0 aliphatic heterocycles. The molecule has 0 aliphatic carbocycles. The topological polar surface area (TPSA) is 71.4 Å². The largest absolute Gasteiger partial charge is 0.347 e. The first-order chi connectivity index (χ1) is 15.8. The second-order valence-corrected chi connectivity index (χ2v) is 10.1. The highest BCUT2D eigenvalue weighted by atomic mass is 32.2. The maximum absolute atomic E-state index is 13.5. The number of aromatic nitrogens is 1. The van der Waals surface area contributed by atoms with Gasteiger partial charge in [0.15, 0.2) is 0 Å². The van der Waals surface area contributed by atoms with Gasteiger partial charge < -0.3 is 9.88 Å². The maximum atomic E-state index is 13.5. The Morgan fingerprint density at radius 2 is 1.67 bits per heavy atom.